The molecule has 1 aromatic heterocycles. The van der Waals surface area contributed by atoms with E-state index < -0.39 is 11.2 Å². The minimum Gasteiger partial charge on any atom is -0.494 e. The lowest BCUT2D eigenvalue weighted by atomic mass is 10.3. The minimum atomic E-state index is -0.571. The van der Waals surface area contributed by atoms with Crippen molar-refractivity contribution >= 4 is 11.9 Å². The van der Waals surface area contributed by atoms with Gasteiger partial charge >= 0.3 is 5.69 Å². The molecule has 7 nitrogen and oxygen atoms in total. The zero-order valence-electron chi connectivity index (χ0n) is 13.3. The number of rotatable bonds is 5. The molecule has 0 saturated carbocycles. The zero-order valence-corrected chi connectivity index (χ0v) is 13.3. The van der Waals surface area contributed by atoms with Gasteiger partial charge in [0.2, 0.25) is 5.88 Å². The van der Waals surface area contributed by atoms with Gasteiger partial charge in [0, 0.05) is 19.3 Å². The monoisotopic (exact) mass is 317 g/mol. The molecule has 0 aliphatic heterocycles. The third-order valence-corrected chi connectivity index (χ3v) is 3.48. The molecule has 2 rings (SSSR count). The Morgan fingerprint density at radius 3 is 2.43 bits per heavy atom. The SMILES string of the molecule is CCn1c(O)c(C=Nc2ccccc2OC)c(=O)n(CC)c1=O. The molecule has 7 heteroatoms. The molecule has 1 heterocycles. The second-order valence-corrected chi connectivity index (χ2v) is 4.74. The standard InChI is InChI=1S/C16H19N3O4/c1-4-18-14(20)11(15(21)19(5-2)16(18)22)10-17-12-8-6-7-9-13(12)23-3/h6-10,20H,4-5H2,1-3H3. The van der Waals surface area contributed by atoms with Crippen molar-refractivity contribution in [1.82, 2.24) is 9.13 Å². The number of methoxy groups -OCH3 is 1. The lowest BCUT2D eigenvalue weighted by Crippen LogP contribution is -2.41. The number of hydrogen-bond donors (Lipinski definition) is 1. The highest BCUT2D eigenvalue weighted by molar-refractivity contribution is 5.84. The van der Waals surface area contributed by atoms with Crippen LogP contribution in [0.1, 0.15) is 19.4 Å². The largest absolute Gasteiger partial charge is 0.494 e. The van der Waals surface area contributed by atoms with E-state index in [1.807, 2.05) is 0 Å². The number of ether oxygens (including phenoxy) is 1. The van der Waals surface area contributed by atoms with Gasteiger partial charge in [-0.2, -0.15) is 0 Å². The second-order valence-electron chi connectivity index (χ2n) is 4.74. The van der Waals surface area contributed by atoms with E-state index >= 15 is 0 Å². The maximum absolute atomic E-state index is 12.4. The molecule has 2 aromatic rings. The van der Waals surface area contributed by atoms with Gasteiger partial charge in [0.05, 0.1) is 7.11 Å². The van der Waals surface area contributed by atoms with Gasteiger partial charge in [0.25, 0.3) is 5.56 Å². The first kappa shape index (κ1) is 16.5. The van der Waals surface area contributed by atoms with Crippen molar-refractivity contribution in [2.45, 2.75) is 26.9 Å². The summed E-state index contributed by atoms with van der Waals surface area (Å²) in [7, 11) is 1.52. The maximum Gasteiger partial charge on any atom is 0.333 e. The maximum atomic E-state index is 12.4. The van der Waals surface area contributed by atoms with E-state index in [2.05, 4.69) is 4.99 Å². The average molecular weight is 317 g/mol. The van der Waals surface area contributed by atoms with Crippen molar-refractivity contribution in [2.75, 3.05) is 7.11 Å². The fourth-order valence-electron chi connectivity index (χ4n) is 2.26. The van der Waals surface area contributed by atoms with Gasteiger partial charge in [-0.15, -0.1) is 0 Å². The summed E-state index contributed by atoms with van der Waals surface area (Å²) in [6, 6.07) is 7.05. The van der Waals surface area contributed by atoms with Gasteiger partial charge in [-0.1, -0.05) is 12.1 Å². The van der Waals surface area contributed by atoms with E-state index in [1.165, 1.54) is 13.3 Å². The van der Waals surface area contributed by atoms with Crippen molar-refractivity contribution in [3.8, 4) is 11.6 Å². The van der Waals surface area contributed by atoms with E-state index in [1.54, 1.807) is 38.1 Å². The topological polar surface area (TPSA) is 85.8 Å². The molecule has 0 bridgehead atoms. The summed E-state index contributed by atoms with van der Waals surface area (Å²) in [5.41, 5.74) is -0.615. The second kappa shape index (κ2) is 6.95. The summed E-state index contributed by atoms with van der Waals surface area (Å²) < 4.78 is 7.38. The molecule has 0 spiro atoms. The van der Waals surface area contributed by atoms with Gasteiger partial charge in [-0.25, -0.2) is 4.79 Å². The van der Waals surface area contributed by atoms with E-state index in [-0.39, 0.29) is 24.5 Å². The average Bonchev–Trinajstić information content (AvgIpc) is 2.56. The van der Waals surface area contributed by atoms with E-state index in [4.69, 9.17) is 4.74 Å². The molecule has 1 aromatic carbocycles. The molecule has 0 aliphatic rings. The summed E-state index contributed by atoms with van der Waals surface area (Å²) in [6.45, 7) is 3.88. The number of hydrogen-bond acceptors (Lipinski definition) is 5. The highest BCUT2D eigenvalue weighted by Gasteiger charge is 2.15. The van der Waals surface area contributed by atoms with Gasteiger partial charge < -0.3 is 9.84 Å². The van der Waals surface area contributed by atoms with Gasteiger partial charge in [0.1, 0.15) is 17.0 Å². The van der Waals surface area contributed by atoms with Crippen LogP contribution in [0.25, 0.3) is 0 Å². The minimum absolute atomic E-state index is 0.0285. The first-order chi connectivity index (χ1) is 11.0. The van der Waals surface area contributed by atoms with Gasteiger partial charge in [-0.3, -0.25) is 18.9 Å². The van der Waals surface area contributed by atoms with Crippen LogP contribution in [-0.2, 0) is 13.1 Å². The lowest BCUT2D eigenvalue weighted by molar-refractivity contribution is 0.394. The molecule has 0 radical (unpaired) electrons. The molecule has 0 saturated heterocycles. The van der Waals surface area contributed by atoms with E-state index in [0.29, 0.717) is 11.4 Å². The molecule has 0 unspecified atom stereocenters. The quantitative estimate of drug-likeness (QED) is 0.847. The highest BCUT2D eigenvalue weighted by Crippen LogP contribution is 2.26. The zero-order chi connectivity index (χ0) is 17.0. The number of nitrogens with zero attached hydrogens (tertiary/aromatic N) is 3. The van der Waals surface area contributed by atoms with Crippen molar-refractivity contribution < 1.29 is 9.84 Å². The third-order valence-electron chi connectivity index (χ3n) is 3.48. The molecule has 0 fully saturated rings. The van der Waals surface area contributed by atoms with Crippen LogP contribution in [0, 0.1) is 0 Å². The predicted molar refractivity (Wildman–Crippen MR) is 88.2 cm³/mol. The first-order valence-corrected chi connectivity index (χ1v) is 7.28. The molecule has 0 aliphatic carbocycles. The Hall–Kier alpha value is -2.83. The number of benzene rings is 1. The molecule has 0 atom stereocenters. The molecular weight excluding hydrogens is 298 g/mol. The Morgan fingerprint density at radius 2 is 1.83 bits per heavy atom. The predicted octanol–water partition coefficient (Wildman–Crippen LogP) is 1.51. The van der Waals surface area contributed by atoms with Crippen LogP contribution in [0.3, 0.4) is 0 Å². The summed E-state index contributed by atoms with van der Waals surface area (Å²) in [6.07, 6.45) is 1.26. The molecule has 1 N–H and O–H groups in total. The van der Waals surface area contributed by atoms with Crippen LogP contribution in [0.4, 0.5) is 5.69 Å². The Balaban J connectivity index is 2.62. The fraction of sp³-hybridized carbons (Fsp3) is 0.312. The van der Waals surface area contributed by atoms with E-state index in [0.717, 1.165) is 9.13 Å². The summed E-state index contributed by atoms with van der Waals surface area (Å²) in [5, 5.41) is 10.2. The Bertz CT molecular complexity index is 849. The van der Waals surface area contributed by atoms with Crippen LogP contribution >= 0.6 is 0 Å². The van der Waals surface area contributed by atoms with Crippen molar-refractivity contribution in [3.05, 3.63) is 50.7 Å². The fourth-order valence-corrected chi connectivity index (χ4v) is 2.26. The van der Waals surface area contributed by atoms with Crippen molar-refractivity contribution in [2.24, 2.45) is 4.99 Å². The lowest BCUT2D eigenvalue weighted by Gasteiger charge is -2.11. The molecule has 23 heavy (non-hydrogen) atoms. The number of aromatic nitrogens is 2. The van der Waals surface area contributed by atoms with Crippen LogP contribution < -0.4 is 16.0 Å². The van der Waals surface area contributed by atoms with Gasteiger partial charge in [0.15, 0.2) is 0 Å². The molecule has 0 amide bonds. The Kier molecular flexibility index (Phi) is 5.00. The van der Waals surface area contributed by atoms with Crippen molar-refractivity contribution in [3.63, 3.8) is 0 Å². The van der Waals surface area contributed by atoms with Crippen LogP contribution in [0.2, 0.25) is 0 Å². The number of aliphatic imine (C=N–C) groups is 1. The molecular formula is C16H19N3O4. The van der Waals surface area contributed by atoms with Crippen molar-refractivity contribution in [1.29, 1.82) is 0 Å². The summed E-state index contributed by atoms with van der Waals surface area (Å²) in [5.74, 6) is 0.161. The normalized spacial score (nSPS) is 11.1. The smallest absolute Gasteiger partial charge is 0.333 e. The number of aromatic hydroxyl groups is 1. The Labute approximate surface area is 133 Å². The van der Waals surface area contributed by atoms with E-state index in [9.17, 15) is 14.7 Å². The Morgan fingerprint density at radius 1 is 1.17 bits per heavy atom. The van der Waals surface area contributed by atoms with Crippen LogP contribution in [0.15, 0.2) is 38.8 Å². The summed E-state index contributed by atoms with van der Waals surface area (Å²) in [4.78, 5) is 28.7. The summed E-state index contributed by atoms with van der Waals surface area (Å²) >= 11 is 0. The van der Waals surface area contributed by atoms with Gasteiger partial charge in [-0.05, 0) is 26.0 Å². The highest BCUT2D eigenvalue weighted by atomic mass is 16.5. The first-order valence-electron chi connectivity index (χ1n) is 7.28. The number of para-hydroxylation sites is 2. The third kappa shape index (κ3) is 3.03. The van der Waals surface area contributed by atoms with Crippen LogP contribution in [-0.4, -0.2) is 27.6 Å². The van der Waals surface area contributed by atoms with Crippen LogP contribution in [0.5, 0.6) is 11.6 Å². The molecule has 122 valence electrons.